The Labute approximate surface area is 145 Å². The van der Waals surface area contributed by atoms with Crippen molar-refractivity contribution < 1.29 is 4.79 Å². The molecule has 1 amide bonds. The minimum Gasteiger partial charge on any atom is -0.337 e. The van der Waals surface area contributed by atoms with Crippen molar-refractivity contribution in [1.29, 1.82) is 0 Å². The maximum absolute atomic E-state index is 12.9. The Balaban J connectivity index is 1.88. The van der Waals surface area contributed by atoms with Gasteiger partial charge in [0.25, 0.3) is 5.91 Å². The van der Waals surface area contributed by atoms with Crippen LogP contribution in [0.3, 0.4) is 0 Å². The van der Waals surface area contributed by atoms with Gasteiger partial charge in [0.2, 0.25) is 0 Å². The Bertz CT molecular complexity index is 681. The Morgan fingerprint density at radius 3 is 2.90 bits per heavy atom. The topological polar surface area (TPSA) is 38.1 Å². The number of carbonyl (C=O) groups excluding carboxylic acids is 1. The molecule has 3 rings (SSSR count). The van der Waals surface area contributed by atoms with Crippen LogP contribution < -0.4 is 0 Å². The minimum atomic E-state index is 0.0749. The summed E-state index contributed by atoms with van der Waals surface area (Å²) in [5.41, 5.74) is 0.725. The number of benzene rings is 1. The lowest BCUT2D eigenvalue weighted by atomic mass is 10.2. The maximum Gasteiger partial charge on any atom is 0.255 e. The highest BCUT2D eigenvalue weighted by Gasteiger charge is 2.34. The van der Waals surface area contributed by atoms with Crippen molar-refractivity contribution in [3.63, 3.8) is 0 Å². The number of hydrogen-bond acceptors (Lipinski definition) is 2. The largest absolute Gasteiger partial charge is 0.337 e. The zero-order chi connectivity index (χ0) is 15.0. The molecule has 1 fully saturated rings. The molecule has 4 nitrogen and oxygen atoms in total. The van der Waals surface area contributed by atoms with Crippen LogP contribution in [0.4, 0.5) is 0 Å². The van der Waals surface area contributed by atoms with Crippen molar-refractivity contribution in [3.8, 4) is 0 Å². The quantitative estimate of drug-likeness (QED) is 0.655. The number of nitrogens with zero attached hydrogens (tertiary/aromatic N) is 3. The third-order valence-electron chi connectivity index (χ3n) is 3.64. The standard InChI is InChI=1S/C15H15BrIN3O/c1-19-7-6-18-14(19)9-20(11-3-4-11)15(21)12-8-10(17)2-5-13(12)16/h2,5-8,11H,3-4,9H2,1H3. The molecule has 0 atom stereocenters. The monoisotopic (exact) mass is 459 g/mol. The van der Waals surface area contributed by atoms with E-state index in [2.05, 4.69) is 43.5 Å². The second-order valence-corrected chi connectivity index (χ2v) is 7.34. The third-order valence-corrected chi connectivity index (χ3v) is 5.00. The van der Waals surface area contributed by atoms with E-state index in [1.54, 1.807) is 6.20 Å². The van der Waals surface area contributed by atoms with Crippen molar-refractivity contribution in [2.24, 2.45) is 7.05 Å². The molecule has 1 aliphatic rings. The van der Waals surface area contributed by atoms with E-state index in [9.17, 15) is 4.79 Å². The average molecular weight is 460 g/mol. The van der Waals surface area contributed by atoms with E-state index in [0.717, 1.165) is 32.3 Å². The average Bonchev–Trinajstić information content (AvgIpc) is 3.22. The first-order valence-corrected chi connectivity index (χ1v) is 8.65. The summed E-state index contributed by atoms with van der Waals surface area (Å²) < 4.78 is 3.87. The summed E-state index contributed by atoms with van der Waals surface area (Å²) in [5.74, 6) is 0.989. The highest BCUT2D eigenvalue weighted by molar-refractivity contribution is 14.1. The van der Waals surface area contributed by atoms with Gasteiger partial charge in [-0.05, 0) is 69.6 Å². The van der Waals surface area contributed by atoms with Gasteiger partial charge in [-0.2, -0.15) is 0 Å². The molecular weight excluding hydrogens is 445 g/mol. The Morgan fingerprint density at radius 2 is 2.29 bits per heavy atom. The number of carbonyl (C=O) groups is 1. The molecule has 110 valence electrons. The highest BCUT2D eigenvalue weighted by atomic mass is 127. The molecular formula is C15H15BrIN3O. The van der Waals surface area contributed by atoms with Gasteiger partial charge in [0.15, 0.2) is 0 Å². The second-order valence-electron chi connectivity index (χ2n) is 5.24. The fraction of sp³-hybridized carbons (Fsp3) is 0.333. The van der Waals surface area contributed by atoms with Crippen LogP contribution in [0.1, 0.15) is 29.0 Å². The molecule has 0 unspecified atom stereocenters. The molecule has 21 heavy (non-hydrogen) atoms. The van der Waals surface area contributed by atoms with Crippen molar-refractivity contribution in [1.82, 2.24) is 14.5 Å². The van der Waals surface area contributed by atoms with Gasteiger partial charge in [0, 0.05) is 33.5 Å². The summed E-state index contributed by atoms with van der Waals surface area (Å²) in [6.07, 6.45) is 5.84. The van der Waals surface area contributed by atoms with Gasteiger partial charge >= 0.3 is 0 Å². The molecule has 2 aromatic rings. The smallest absolute Gasteiger partial charge is 0.255 e. The van der Waals surface area contributed by atoms with Crippen LogP contribution in [0, 0.1) is 3.57 Å². The predicted octanol–water partition coefficient (Wildman–Crippen LogP) is 3.59. The first-order chi connectivity index (χ1) is 10.1. The van der Waals surface area contributed by atoms with E-state index in [-0.39, 0.29) is 5.91 Å². The van der Waals surface area contributed by atoms with Crippen LogP contribution in [0.2, 0.25) is 0 Å². The van der Waals surface area contributed by atoms with Crippen molar-refractivity contribution >= 4 is 44.4 Å². The van der Waals surface area contributed by atoms with Crippen LogP contribution in [0.15, 0.2) is 35.1 Å². The first-order valence-electron chi connectivity index (χ1n) is 6.78. The minimum absolute atomic E-state index is 0.0749. The lowest BCUT2D eigenvalue weighted by molar-refractivity contribution is 0.0723. The van der Waals surface area contributed by atoms with E-state index in [4.69, 9.17) is 0 Å². The molecule has 0 saturated heterocycles. The van der Waals surface area contributed by atoms with Crippen molar-refractivity contribution in [2.75, 3.05) is 0 Å². The van der Waals surface area contributed by atoms with E-state index >= 15 is 0 Å². The number of hydrogen-bond donors (Lipinski definition) is 0. The molecule has 0 N–H and O–H groups in total. The lowest BCUT2D eigenvalue weighted by Crippen LogP contribution is -2.33. The van der Waals surface area contributed by atoms with Gasteiger partial charge in [0.05, 0.1) is 12.1 Å². The van der Waals surface area contributed by atoms with E-state index in [1.165, 1.54) is 0 Å². The summed E-state index contributed by atoms with van der Waals surface area (Å²) in [6.45, 7) is 0.560. The van der Waals surface area contributed by atoms with Crippen LogP contribution in [-0.4, -0.2) is 26.4 Å². The Kier molecular flexibility index (Phi) is 4.35. The van der Waals surface area contributed by atoms with Crippen LogP contribution in [0.25, 0.3) is 0 Å². The number of imidazole rings is 1. The van der Waals surface area contributed by atoms with Crippen LogP contribution >= 0.6 is 38.5 Å². The zero-order valence-electron chi connectivity index (χ0n) is 11.6. The second kappa shape index (κ2) is 6.08. The summed E-state index contributed by atoms with van der Waals surface area (Å²) in [5, 5.41) is 0. The van der Waals surface area contributed by atoms with E-state index in [1.807, 2.05) is 40.9 Å². The summed E-state index contributed by atoms with van der Waals surface area (Å²) in [4.78, 5) is 19.2. The fourth-order valence-electron chi connectivity index (χ4n) is 2.27. The number of amides is 1. The molecule has 1 heterocycles. The number of rotatable bonds is 4. The number of aromatic nitrogens is 2. The molecule has 0 bridgehead atoms. The van der Waals surface area contributed by atoms with E-state index in [0.29, 0.717) is 12.6 Å². The summed E-state index contributed by atoms with van der Waals surface area (Å²) in [7, 11) is 1.96. The zero-order valence-corrected chi connectivity index (χ0v) is 15.3. The van der Waals surface area contributed by atoms with Gasteiger partial charge in [0.1, 0.15) is 5.82 Å². The molecule has 1 saturated carbocycles. The van der Waals surface area contributed by atoms with Gasteiger partial charge < -0.3 is 9.47 Å². The van der Waals surface area contributed by atoms with Crippen molar-refractivity contribution in [3.05, 3.63) is 50.0 Å². The van der Waals surface area contributed by atoms with E-state index < -0.39 is 0 Å². The van der Waals surface area contributed by atoms with Crippen LogP contribution in [-0.2, 0) is 13.6 Å². The van der Waals surface area contributed by atoms with Crippen LogP contribution in [0.5, 0.6) is 0 Å². The highest BCUT2D eigenvalue weighted by Crippen LogP contribution is 2.31. The molecule has 1 aromatic heterocycles. The Hall–Kier alpha value is -0.890. The SMILES string of the molecule is Cn1ccnc1CN(C(=O)c1cc(I)ccc1Br)C1CC1. The molecule has 1 aliphatic carbocycles. The van der Waals surface area contributed by atoms with Gasteiger partial charge in [-0.15, -0.1) is 0 Å². The number of halogens is 2. The third kappa shape index (κ3) is 3.31. The number of aryl methyl sites for hydroxylation is 1. The summed E-state index contributed by atoms with van der Waals surface area (Å²) in [6, 6.07) is 6.20. The van der Waals surface area contributed by atoms with Gasteiger partial charge in [-0.1, -0.05) is 0 Å². The molecule has 0 radical (unpaired) electrons. The molecule has 1 aromatic carbocycles. The molecule has 6 heteroatoms. The molecule has 0 aliphatic heterocycles. The normalized spacial score (nSPS) is 14.2. The van der Waals surface area contributed by atoms with Gasteiger partial charge in [-0.3, -0.25) is 4.79 Å². The maximum atomic E-state index is 12.9. The molecule has 0 spiro atoms. The Morgan fingerprint density at radius 1 is 1.52 bits per heavy atom. The summed E-state index contributed by atoms with van der Waals surface area (Å²) >= 11 is 5.72. The van der Waals surface area contributed by atoms with Crippen molar-refractivity contribution in [2.45, 2.75) is 25.4 Å². The fourth-order valence-corrected chi connectivity index (χ4v) is 3.18. The van der Waals surface area contributed by atoms with Gasteiger partial charge in [-0.25, -0.2) is 4.98 Å². The first kappa shape index (κ1) is 15.0. The lowest BCUT2D eigenvalue weighted by Gasteiger charge is -2.23. The predicted molar refractivity (Wildman–Crippen MR) is 93.0 cm³/mol.